The second-order valence-electron chi connectivity index (χ2n) is 6.85. The van der Waals surface area contributed by atoms with Crippen LogP contribution in [0.25, 0.3) is 28.6 Å². The van der Waals surface area contributed by atoms with Gasteiger partial charge < -0.3 is 10.2 Å². The average molecular weight is 396 g/mol. The van der Waals surface area contributed by atoms with Gasteiger partial charge in [0.2, 0.25) is 0 Å². The molecule has 0 aliphatic heterocycles. The third-order valence-electron chi connectivity index (χ3n) is 4.49. The maximum Gasteiger partial charge on any atom is 0.167 e. The molecule has 0 aliphatic rings. The van der Waals surface area contributed by atoms with E-state index in [1.54, 1.807) is 55.5 Å². The van der Waals surface area contributed by atoms with Gasteiger partial charge in [-0.25, -0.2) is 18.7 Å². The predicted octanol–water partition coefficient (Wildman–Crippen LogP) is 5.36. The van der Waals surface area contributed by atoms with Crippen molar-refractivity contribution in [2.24, 2.45) is 0 Å². The quantitative estimate of drug-likeness (QED) is 0.528. The van der Waals surface area contributed by atoms with Gasteiger partial charge in [0.1, 0.15) is 0 Å². The van der Waals surface area contributed by atoms with Gasteiger partial charge in [0, 0.05) is 16.7 Å². The van der Waals surface area contributed by atoms with Gasteiger partial charge in [0.25, 0.3) is 0 Å². The topological polar surface area (TPSA) is 66.2 Å². The van der Waals surface area contributed by atoms with Gasteiger partial charge in [-0.2, -0.15) is 0 Å². The first-order valence-corrected chi connectivity index (χ1v) is 9.40. The molecule has 3 aromatic rings. The zero-order valence-electron chi connectivity index (χ0n) is 16.0. The van der Waals surface area contributed by atoms with Crippen LogP contribution in [0.1, 0.15) is 31.7 Å². The van der Waals surface area contributed by atoms with Crippen molar-refractivity contribution in [2.45, 2.75) is 32.3 Å². The number of aromatic nitrogens is 2. The number of nitrogens with zero attached hydrogens (tertiary/aromatic N) is 2. The summed E-state index contributed by atoms with van der Waals surface area (Å²) in [6, 6.07) is 9.89. The van der Waals surface area contributed by atoms with E-state index in [1.165, 1.54) is 12.4 Å². The Morgan fingerprint density at radius 1 is 0.966 bits per heavy atom. The van der Waals surface area contributed by atoms with Crippen molar-refractivity contribution in [2.75, 3.05) is 0 Å². The number of hydrogen-bond donors (Lipinski definition) is 2. The van der Waals surface area contributed by atoms with E-state index in [0.717, 1.165) is 6.42 Å². The minimum atomic E-state index is -0.898. The third kappa shape index (κ3) is 5.23. The summed E-state index contributed by atoms with van der Waals surface area (Å²) in [4.78, 5) is 8.06. The van der Waals surface area contributed by atoms with Crippen LogP contribution in [0.4, 0.5) is 8.78 Å². The molecule has 4 nitrogen and oxygen atoms in total. The Hall–Kier alpha value is -3.12. The van der Waals surface area contributed by atoms with Crippen LogP contribution < -0.4 is 0 Å². The number of hydrogen-bond acceptors (Lipinski definition) is 4. The van der Waals surface area contributed by atoms with Crippen LogP contribution in [-0.4, -0.2) is 26.3 Å². The summed E-state index contributed by atoms with van der Waals surface area (Å²) in [5.74, 6) is -1.39. The Morgan fingerprint density at radius 3 is 2.28 bits per heavy atom. The summed E-state index contributed by atoms with van der Waals surface area (Å²) in [6.07, 6.45) is 7.72. The highest BCUT2D eigenvalue weighted by atomic mass is 19.2. The molecule has 0 radical (unpaired) electrons. The monoisotopic (exact) mass is 396 g/mol. The standard InChI is InChI=1S/C23H22F2N2O2/c1-15(28)5-3-2-4-6-17-11-12-20(22(25)21(17)24)16-7-9-18(10-8-16)23-26-13-19(29)14-27-23/h4,6-15,28-29H,2-3,5H2,1H3. The van der Waals surface area contributed by atoms with Gasteiger partial charge >= 0.3 is 0 Å². The normalized spacial score (nSPS) is 12.4. The van der Waals surface area contributed by atoms with Crippen molar-refractivity contribution < 1.29 is 19.0 Å². The highest BCUT2D eigenvalue weighted by Gasteiger charge is 2.14. The molecule has 2 N–H and O–H groups in total. The fourth-order valence-corrected chi connectivity index (χ4v) is 2.93. The molecule has 6 heteroatoms. The minimum absolute atomic E-state index is 0.0278. The Bertz CT molecular complexity index is 985. The average Bonchev–Trinajstić information content (AvgIpc) is 2.71. The van der Waals surface area contributed by atoms with E-state index < -0.39 is 11.6 Å². The maximum absolute atomic E-state index is 14.6. The summed E-state index contributed by atoms with van der Waals surface area (Å²) in [5.41, 5.74) is 1.60. The molecule has 1 aromatic heterocycles. The van der Waals surface area contributed by atoms with Crippen LogP contribution in [0.2, 0.25) is 0 Å². The summed E-state index contributed by atoms with van der Waals surface area (Å²) in [7, 11) is 0. The molecular formula is C23H22F2N2O2. The number of allylic oxidation sites excluding steroid dienone is 1. The Balaban J connectivity index is 1.76. The summed E-state index contributed by atoms with van der Waals surface area (Å²) in [6.45, 7) is 1.72. The Labute approximate surface area is 168 Å². The fourth-order valence-electron chi connectivity index (χ4n) is 2.93. The number of aliphatic hydroxyl groups excluding tert-OH is 1. The Morgan fingerprint density at radius 2 is 1.62 bits per heavy atom. The first-order valence-electron chi connectivity index (χ1n) is 9.40. The highest BCUT2D eigenvalue weighted by Crippen LogP contribution is 2.29. The molecule has 0 amide bonds. The van der Waals surface area contributed by atoms with E-state index in [-0.39, 0.29) is 23.0 Å². The van der Waals surface area contributed by atoms with Crippen LogP contribution in [0.15, 0.2) is 54.9 Å². The molecular weight excluding hydrogens is 374 g/mol. The molecule has 150 valence electrons. The zero-order chi connectivity index (χ0) is 20.8. The van der Waals surface area contributed by atoms with Crippen LogP contribution >= 0.6 is 0 Å². The van der Waals surface area contributed by atoms with Crippen LogP contribution in [-0.2, 0) is 0 Å². The SMILES string of the molecule is CC(O)CCCC=Cc1ccc(-c2ccc(-c3ncc(O)cn3)cc2)c(F)c1F. The number of benzene rings is 2. The van der Waals surface area contributed by atoms with E-state index in [2.05, 4.69) is 9.97 Å². The first-order chi connectivity index (χ1) is 14.0. The lowest BCUT2D eigenvalue weighted by molar-refractivity contribution is 0.182. The van der Waals surface area contributed by atoms with Crippen LogP contribution in [0.5, 0.6) is 5.75 Å². The van der Waals surface area contributed by atoms with Crippen molar-refractivity contribution >= 4 is 6.08 Å². The minimum Gasteiger partial charge on any atom is -0.505 e. The fraction of sp³-hybridized carbons (Fsp3) is 0.217. The molecule has 0 bridgehead atoms. The zero-order valence-corrected chi connectivity index (χ0v) is 16.0. The van der Waals surface area contributed by atoms with Gasteiger partial charge in [-0.15, -0.1) is 0 Å². The number of aromatic hydroxyl groups is 1. The lowest BCUT2D eigenvalue weighted by atomic mass is 10.0. The summed E-state index contributed by atoms with van der Waals surface area (Å²) in [5, 5.41) is 18.5. The van der Waals surface area contributed by atoms with E-state index >= 15 is 0 Å². The van der Waals surface area contributed by atoms with E-state index in [0.29, 0.717) is 29.8 Å². The number of aliphatic hydroxyl groups is 1. The molecule has 0 spiro atoms. The smallest absolute Gasteiger partial charge is 0.167 e. The van der Waals surface area contributed by atoms with Gasteiger partial charge in [-0.05, 0) is 31.7 Å². The van der Waals surface area contributed by atoms with Crippen molar-refractivity contribution in [3.05, 3.63) is 72.1 Å². The molecule has 1 unspecified atom stereocenters. The second-order valence-corrected chi connectivity index (χ2v) is 6.85. The van der Waals surface area contributed by atoms with E-state index in [4.69, 9.17) is 0 Å². The first kappa shape index (κ1) is 20.6. The van der Waals surface area contributed by atoms with Crippen molar-refractivity contribution in [1.82, 2.24) is 9.97 Å². The molecule has 0 saturated carbocycles. The van der Waals surface area contributed by atoms with Crippen molar-refractivity contribution in [3.63, 3.8) is 0 Å². The predicted molar refractivity (Wildman–Crippen MR) is 109 cm³/mol. The van der Waals surface area contributed by atoms with Gasteiger partial charge in [-0.3, -0.25) is 0 Å². The molecule has 2 aromatic carbocycles. The Kier molecular flexibility index (Phi) is 6.67. The molecule has 3 rings (SSSR count). The van der Waals surface area contributed by atoms with Crippen LogP contribution in [0.3, 0.4) is 0 Å². The second kappa shape index (κ2) is 9.39. The number of halogens is 2. The van der Waals surface area contributed by atoms with Gasteiger partial charge in [-0.1, -0.05) is 48.6 Å². The van der Waals surface area contributed by atoms with Crippen molar-refractivity contribution in [1.29, 1.82) is 0 Å². The lowest BCUT2D eigenvalue weighted by Gasteiger charge is -2.08. The molecule has 0 aliphatic carbocycles. The molecule has 1 atom stereocenters. The molecule has 0 fully saturated rings. The summed E-state index contributed by atoms with van der Waals surface area (Å²) < 4.78 is 29.1. The van der Waals surface area contributed by atoms with Gasteiger partial charge in [0.05, 0.1) is 18.5 Å². The van der Waals surface area contributed by atoms with E-state index in [1.807, 2.05) is 0 Å². The third-order valence-corrected chi connectivity index (χ3v) is 4.49. The molecule has 1 heterocycles. The van der Waals surface area contributed by atoms with E-state index in [9.17, 15) is 19.0 Å². The lowest BCUT2D eigenvalue weighted by Crippen LogP contribution is -1.97. The largest absolute Gasteiger partial charge is 0.505 e. The van der Waals surface area contributed by atoms with Crippen molar-refractivity contribution in [3.8, 4) is 28.3 Å². The van der Waals surface area contributed by atoms with Crippen LogP contribution in [0, 0.1) is 11.6 Å². The van der Waals surface area contributed by atoms with Gasteiger partial charge in [0.15, 0.2) is 23.2 Å². The maximum atomic E-state index is 14.6. The summed E-state index contributed by atoms with van der Waals surface area (Å²) >= 11 is 0. The molecule has 0 saturated heterocycles. The number of rotatable bonds is 7. The molecule has 29 heavy (non-hydrogen) atoms. The number of unbranched alkanes of at least 4 members (excludes halogenated alkanes) is 1. The highest BCUT2D eigenvalue weighted by molar-refractivity contribution is 5.70.